The van der Waals surface area contributed by atoms with E-state index in [0.29, 0.717) is 5.69 Å². The summed E-state index contributed by atoms with van der Waals surface area (Å²) in [6.45, 7) is 0.170. The maximum absolute atomic E-state index is 13.7. The Balaban J connectivity index is 1.73. The molecule has 1 aliphatic heterocycles. The van der Waals surface area contributed by atoms with Crippen LogP contribution in [0.4, 0.5) is 15.8 Å². The number of carbonyl (C=O) groups is 2. The number of H-pyrrole nitrogens is 1. The van der Waals surface area contributed by atoms with Crippen molar-refractivity contribution in [3.63, 3.8) is 0 Å². The molecule has 2 heterocycles. The first kappa shape index (κ1) is 13.3. The van der Waals surface area contributed by atoms with E-state index in [1.807, 2.05) is 0 Å². The van der Waals surface area contributed by atoms with Gasteiger partial charge in [-0.25, -0.2) is 4.39 Å². The summed E-state index contributed by atoms with van der Waals surface area (Å²) in [6, 6.07) is 6.04. The second-order valence-corrected chi connectivity index (χ2v) is 4.83. The number of carbonyl (C=O) groups excluding carboxylic acids is 2. The van der Waals surface area contributed by atoms with Crippen molar-refractivity contribution in [2.75, 3.05) is 16.8 Å². The average Bonchev–Trinajstić information content (AvgIpc) is 3.09. The second-order valence-electron chi connectivity index (χ2n) is 4.83. The summed E-state index contributed by atoms with van der Waals surface area (Å²) in [5.74, 6) is -1.51. The molecule has 0 spiro atoms. The minimum Gasteiger partial charge on any atom is -0.323 e. The van der Waals surface area contributed by atoms with E-state index in [2.05, 4.69) is 15.5 Å². The van der Waals surface area contributed by atoms with E-state index in [1.54, 1.807) is 18.3 Å². The van der Waals surface area contributed by atoms with E-state index in [1.165, 1.54) is 23.2 Å². The smallest absolute Gasteiger partial charge is 0.229 e. The molecule has 6 nitrogen and oxygen atoms in total. The van der Waals surface area contributed by atoms with Crippen molar-refractivity contribution in [3.05, 3.63) is 42.5 Å². The molecule has 1 aromatic heterocycles. The van der Waals surface area contributed by atoms with Crippen LogP contribution < -0.4 is 10.2 Å². The van der Waals surface area contributed by atoms with Gasteiger partial charge in [-0.1, -0.05) is 12.1 Å². The standard InChI is InChI=1S/C14H13FN4O2/c15-11-3-1-2-4-12(11)19-8-9(5-13(19)20)14(21)18-10-6-16-17-7-10/h1-4,6-7,9H,5,8H2,(H,16,17)(H,18,21)/t9-/m0/s1. The van der Waals surface area contributed by atoms with Crippen LogP contribution in [0.5, 0.6) is 0 Å². The molecule has 0 aliphatic carbocycles. The first-order valence-electron chi connectivity index (χ1n) is 6.49. The van der Waals surface area contributed by atoms with E-state index in [4.69, 9.17) is 0 Å². The molecular weight excluding hydrogens is 275 g/mol. The van der Waals surface area contributed by atoms with Crippen LogP contribution in [0, 0.1) is 11.7 Å². The first-order valence-corrected chi connectivity index (χ1v) is 6.49. The molecule has 1 fully saturated rings. The molecule has 0 saturated carbocycles. The van der Waals surface area contributed by atoms with E-state index in [0.717, 1.165) is 0 Å². The van der Waals surface area contributed by atoms with Gasteiger partial charge < -0.3 is 10.2 Å². The van der Waals surface area contributed by atoms with E-state index < -0.39 is 11.7 Å². The first-order chi connectivity index (χ1) is 10.1. The van der Waals surface area contributed by atoms with Crippen molar-refractivity contribution in [3.8, 4) is 0 Å². The SMILES string of the molecule is O=C(Nc1cn[nH]c1)[C@H]1CC(=O)N(c2ccccc2F)C1. The number of benzene rings is 1. The Morgan fingerprint density at radius 1 is 1.43 bits per heavy atom. The lowest BCUT2D eigenvalue weighted by atomic mass is 10.1. The summed E-state index contributed by atoms with van der Waals surface area (Å²) >= 11 is 0. The van der Waals surface area contributed by atoms with Gasteiger partial charge in [0.25, 0.3) is 0 Å². The maximum atomic E-state index is 13.7. The highest BCUT2D eigenvalue weighted by Gasteiger charge is 2.36. The quantitative estimate of drug-likeness (QED) is 0.899. The molecule has 1 aliphatic rings. The summed E-state index contributed by atoms with van der Waals surface area (Å²) in [4.78, 5) is 25.4. The third-order valence-corrected chi connectivity index (χ3v) is 3.40. The predicted octanol–water partition coefficient (Wildman–Crippen LogP) is 1.54. The van der Waals surface area contributed by atoms with Crippen molar-refractivity contribution in [1.29, 1.82) is 0 Å². The molecule has 0 unspecified atom stereocenters. The number of nitrogens with zero attached hydrogens (tertiary/aromatic N) is 2. The Hall–Kier alpha value is -2.70. The van der Waals surface area contributed by atoms with E-state index >= 15 is 0 Å². The van der Waals surface area contributed by atoms with Gasteiger partial charge in [0, 0.05) is 19.2 Å². The van der Waals surface area contributed by atoms with Gasteiger partial charge in [0.15, 0.2) is 0 Å². The number of amides is 2. The maximum Gasteiger partial charge on any atom is 0.229 e. The highest BCUT2D eigenvalue weighted by atomic mass is 19.1. The van der Waals surface area contributed by atoms with Gasteiger partial charge in [0.2, 0.25) is 11.8 Å². The molecule has 0 bridgehead atoms. The second kappa shape index (κ2) is 5.35. The van der Waals surface area contributed by atoms with Crippen LogP contribution in [-0.2, 0) is 9.59 Å². The lowest BCUT2D eigenvalue weighted by Gasteiger charge is -2.17. The fraction of sp³-hybridized carbons (Fsp3) is 0.214. The Morgan fingerprint density at radius 2 is 2.24 bits per heavy atom. The molecule has 2 amide bonds. The third kappa shape index (κ3) is 2.62. The number of para-hydroxylation sites is 1. The average molecular weight is 288 g/mol. The molecule has 7 heteroatoms. The van der Waals surface area contributed by atoms with Gasteiger partial charge >= 0.3 is 0 Å². The molecule has 1 saturated heterocycles. The van der Waals surface area contributed by atoms with Crippen LogP contribution in [0.3, 0.4) is 0 Å². The predicted molar refractivity (Wildman–Crippen MR) is 74.1 cm³/mol. The van der Waals surface area contributed by atoms with Gasteiger partial charge in [0.1, 0.15) is 5.82 Å². The Bertz CT molecular complexity index is 671. The van der Waals surface area contributed by atoms with Gasteiger partial charge in [-0.05, 0) is 12.1 Å². The van der Waals surface area contributed by atoms with Crippen molar-refractivity contribution in [2.24, 2.45) is 5.92 Å². The molecule has 21 heavy (non-hydrogen) atoms. The highest BCUT2D eigenvalue weighted by molar-refractivity contribution is 6.03. The highest BCUT2D eigenvalue weighted by Crippen LogP contribution is 2.27. The molecule has 3 rings (SSSR count). The summed E-state index contributed by atoms with van der Waals surface area (Å²) in [6.07, 6.45) is 3.09. The molecule has 1 atom stereocenters. The number of rotatable bonds is 3. The van der Waals surface area contributed by atoms with Gasteiger partial charge in [-0.2, -0.15) is 5.10 Å². The minimum atomic E-state index is -0.507. The lowest BCUT2D eigenvalue weighted by Crippen LogP contribution is -2.28. The zero-order valence-corrected chi connectivity index (χ0v) is 11.0. The number of aromatic amines is 1. The van der Waals surface area contributed by atoms with E-state index in [-0.39, 0.29) is 30.5 Å². The van der Waals surface area contributed by atoms with Crippen LogP contribution in [0.15, 0.2) is 36.7 Å². The summed E-state index contributed by atoms with van der Waals surface area (Å²) in [5.41, 5.74) is 0.748. The minimum absolute atomic E-state index is 0.0675. The van der Waals surface area contributed by atoms with E-state index in [9.17, 15) is 14.0 Å². The number of hydrogen-bond acceptors (Lipinski definition) is 3. The molecule has 0 radical (unpaired) electrons. The van der Waals surface area contributed by atoms with Crippen LogP contribution in [0.1, 0.15) is 6.42 Å². The number of nitrogens with one attached hydrogen (secondary N) is 2. The summed E-state index contributed by atoms with van der Waals surface area (Å²) in [5, 5.41) is 8.97. The van der Waals surface area contributed by atoms with Gasteiger partial charge in [-0.3, -0.25) is 14.7 Å². The van der Waals surface area contributed by atoms with Crippen LogP contribution in [0.2, 0.25) is 0 Å². The molecule has 108 valence electrons. The third-order valence-electron chi connectivity index (χ3n) is 3.40. The number of aromatic nitrogens is 2. The topological polar surface area (TPSA) is 78.1 Å². The normalized spacial score (nSPS) is 18.0. The fourth-order valence-electron chi connectivity index (χ4n) is 2.35. The monoisotopic (exact) mass is 288 g/mol. The van der Waals surface area contributed by atoms with Crippen molar-refractivity contribution in [1.82, 2.24) is 10.2 Å². The van der Waals surface area contributed by atoms with Crippen LogP contribution in [0.25, 0.3) is 0 Å². The van der Waals surface area contributed by atoms with Crippen LogP contribution in [-0.4, -0.2) is 28.6 Å². The van der Waals surface area contributed by atoms with Crippen molar-refractivity contribution >= 4 is 23.2 Å². The summed E-state index contributed by atoms with van der Waals surface area (Å²) in [7, 11) is 0. The summed E-state index contributed by atoms with van der Waals surface area (Å²) < 4.78 is 13.7. The van der Waals surface area contributed by atoms with Gasteiger partial charge in [0.05, 0.1) is 23.5 Å². The Labute approximate surface area is 120 Å². The zero-order chi connectivity index (χ0) is 14.8. The van der Waals surface area contributed by atoms with Crippen molar-refractivity contribution in [2.45, 2.75) is 6.42 Å². The molecule has 1 aromatic carbocycles. The largest absolute Gasteiger partial charge is 0.323 e. The zero-order valence-electron chi connectivity index (χ0n) is 11.0. The van der Waals surface area contributed by atoms with Gasteiger partial charge in [-0.15, -0.1) is 0 Å². The van der Waals surface area contributed by atoms with Crippen molar-refractivity contribution < 1.29 is 14.0 Å². The molecule has 2 aromatic rings. The fourth-order valence-corrected chi connectivity index (χ4v) is 2.35. The van der Waals surface area contributed by atoms with Crippen LogP contribution >= 0.6 is 0 Å². The molecule has 2 N–H and O–H groups in total. The Kier molecular flexibility index (Phi) is 3.39. The number of anilines is 2. The molecular formula is C14H13FN4O2. The lowest BCUT2D eigenvalue weighted by molar-refractivity contribution is -0.122. The number of hydrogen-bond donors (Lipinski definition) is 2. The number of halogens is 1. The Morgan fingerprint density at radius 3 is 2.95 bits per heavy atom.